The Morgan fingerprint density at radius 1 is 1.29 bits per heavy atom. The van der Waals surface area contributed by atoms with Gasteiger partial charge in [-0.1, -0.05) is 29.4 Å². The molecule has 1 unspecified atom stereocenters. The molecule has 0 spiro atoms. The Kier molecular flexibility index (Phi) is 3.54. The largest absolute Gasteiger partial charge is 0.356 e. The van der Waals surface area contributed by atoms with Gasteiger partial charge in [0.25, 0.3) is 0 Å². The number of aromatic nitrogens is 1. The average Bonchev–Trinajstić information content (AvgIpc) is 2.91. The van der Waals surface area contributed by atoms with Gasteiger partial charge < -0.3 is 10.3 Å². The van der Waals surface area contributed by atoms with Gasteiger partial charge in [0.2, 0.25) is 0 Å². The van der Waals surface area contributed by atoms with Crippen LogP contribution in [0.1, 0.15) is 18.0 Å². The van der Waals surface area contributed by atoms with E-state index in [-0.39, 0.29) is 11.9 Å². The van der Waals surface area contributed by atoms with E-state index in [1.807, 2.05) is 24.3 Å². The van der Waals surface area contributed by atoms with Gasteiger partial charge in [0.05, 0.1) is 0 Å². The highest BCUT2D eigenvalue weighted by Gasteiger charge is 2.17. The summed E-state index contributed by atoms with van der Waals surface area (Å²) in [6.07, 6.45) is 2.35. The summed E-state index contributed by atoms with van der Waals surface area (Å²) < 4.78 is 19.0. The Morgan fingerprint density at radius 3 is 2.90 bits per heavy atom. The van der Waals surface area contributed by atoms with Crippen LogP contribution in [0.2, 0.25) is 0 Å². The Hall–Kier alpha value is -2.46. The third-order valence-electron chi connectivity index (χ3n) is 3.47. The molecular formula is C17H15FN2O. The van der Waals surface area contributed by atoms with Gasteiger partial charge in [-0.15, -0.1) is 6.58 Å². The number of hydrogen-bond acceptors (Lipinski definition) is 3. The van der Waals surface area contributed by atoms with Gasteiger partial charge in [0, 0.05) is 17.0 Å². The monoisotopic (exact) mass is 282 g/mol. The number of benzene rings is 2. The summed E-state index contributed by atoms with van der Waals surface area (Å²) in [6, 6.07) is 11.8. The van der Waals surface area contributed by atoms with Crippen molar-refractivity contribution in [3.63, 3.8) is 0 Å². The number of fused-ring (bicyclic) bond motifs is 1. The zero-order valence-corrected chi connectivity index (χ0v) is 11.4. The quantitative estimate of drug-likeness (QED) is 0.729. The van der Waals surface area contributed by atoms with Crippen molar-refractivity contribution in [2.24, 2.45) is 5.73 Å². The molecule has 0 amide bonds. The normalized spacial score (nSPS) is 12.5. The van der Waals surface area contributed by atoms with Crippen LogP contribution >= 0.6 is 0 Å². The molecule has 2 aromatic carbocycles. The van der Waals surface area contributed by atoms with Crippen molar-refractivity contribution in [1.29, 1.82) is 0 Å². The van der Waals surface area contributed by atoms with E-state index >= 15 is 0 Å². The summed E-state index contributed by atoms with van der Waals surface area (Å²) in [5.41, 5.74) is 8.92. The van der Waals surface area contributed by atoms with Crippen LogP contribution in [0.5, 0.6) is 0 Å². The van der Waals surface area contributed by atoms with Crippen molar-refractivity contribution in [1.82, 2.24) is 5.16 Å². The lowest BCUT2D eigenvalue weighted by atomic mass is 9.95. The number of hydrogen-bond donors (Lipinski definition) is 1. The maximum Gasteiger partial charge on any atom is 0.167 e. The summed E-state index contributed by atoms with van der Waals surface area (Å²) in [6.45, 7) is 3.70. The fourth-order valence-electron chi connectivity index (χ4n) is 2.44. The van der Waals surface area contributed by atoms with E-state index in [1.54, 1.807) is 12.1 Å². The molecule has 0 aliphatic heterocycles. The van der Waals surface area contributed by atoms with Gasteiger partial charge in [0.15, 0.2) is 5.58 Å². The second kappa shape index (κ2) is 5.50. The van der Waals surface area contributed by atoms with Crippen LogP contribution in [0.3, 0.4) is 0 Å². The molecular weight excluding hydrogens is 267 g/mol. The van der Waals surface area contributed by atoms with Crippen LogP contribution in [-0.2, 0) is 0 Å². The van der Waals surface area contributed by atoms with Crippen LogP contribution in [-0.4, -0.2) is 5.16 Å². The maximum atomic E-state index is 13.7. The molecule has 3 nitrogen and oxygen atoms in total. The molecule has 1 heterocycles. The number of para-hydroxylation sites is 1. The Labute approximate surface area is 121 Å². The molecule has 2 N–H and O–H groups in total. The summed E-state index contributed by atoms with van der Waals surface area (Å²) >= 11 is 0. The SMILES string of the molecule is C=CCC(N)c1ccc(F)cc1-c1noc2ccccc12. The molecule has 3 aromatic rings. The molecule has 21 heavy (non-hydrogen) atoms. The molecule has 4 heteroatoms. The molecule has 0 fully saturated rings. The van der Waals surface area contributed by atoms with Crippen LogP contribution in [0.4, 0.5) is 4.39 Å². The highest BCUT2D eigenvalue weighted by atomic mass is 19.1. The van der Waals surface area contributed by atoms with Crippen molar-refractivity contribution < 1.29 is 8.91 Å². The van der Waals surface area contributed by atoms with E-state index in [4.69, 9.17) is 10.3 Å². The van der Waals surface area contributed by atoms with Crippen molar-refractivity contribution >= 4 is 11.0 Å². The minimum atomic E-state index is -0.327. The fourth-order valence-corrected chi connectivity index (χ4v) is 2.44. The Balaban J connectivity index is 2.21. The second-order valence-corrected chi connectivity index (χ2v) is 4.89. The number of nitrogens with zero attached hydrogens (tertiary/aromatic N) is 1. The minimum Gasteiger partial charge on any atom is -0.356 e. The molecule has 1 aromatic heterocycles. The highest BCUT2D eigenvalue weighted by molar-refractivity contribution is 5.92. The van der Waals surface area contributed by atoms with E-state index in [0.29, 0.717) is 23.3 Å². The standard InChI is InChI=1S/C17H15FN2O/c1-2-5-15(19)12-9-8-11(18)10-14(12)17-13-6-3-4-7-16(13)21-20-17/h2-4,6-10,15H,1,5,19H2. The van der Waals surface area contributed by atoms with Crippen LogP contribution in [0.25, 0.3) is 22.2 Å². The number of rotatable bonds is 4. The molecule has 0 radical (unpaired) electrons. The highest BCUT2D eigenvalue weighted by Crippen LogP contribution is 2.33. The van der Waals surface area contributed by atoms with Gasteiger partial charge in [-0.05, 0) is 36.2 Å². The zero-order chi connectivity index (χ0) is 14.8. The summed E-state index contributed by atoms with van der Waals surface area (Å²) in [5, 5.41) is 4.93. The van der Waals surface area contributed by atoms with Gasteiger partial charge >= 0.3 is 0 Å². The summed E-state index contributed by atoms with van der Waals surface area (Å²) in [4.78, 5) is 0. The maximum absolute atomic E-state index is 13.7. The summed E-state index contributed by atoms with van der Waals surface area (Å²) in [7, 11) is 0. The van der Waals surface area contributed by atoms with Gasteiger partial charge in [-0.2, -0.15) is 0 Å². The van der Waals surface area contributed by atoms with Gasteiger partial charge in [0.1, 0.15) is 11.5 Å². The van der Waals surface area contributed by atoms with E-state index in [9.17, 15) is 4.39 Å². The lowest BCUT2D eigenvalue weighted by Gasteiger charge is -2.14. The van der Waals surface area contributed by atoms with Crippen molar-refractivity contribution in [3.05, 3.63) is 66.5 Å². The zero-order valence-electron chi connectivity index (χ0n) is 11.4. The first-order valence-electron chi connectivity index (χ1n) is 6.71. The molecule has 0 aliphatic carbocycles. The lowest BCUT2D eigenvalue weighted by molar-refractivity contribution is 0.459. The smallest absolute Gasteiger partial charge is 0.167 e. The number of nitrogens with two attached hydrogens (primary N) is 1. The fraction of sp³-hybridized carbons (Fsp3) is 0.118. The predicted octanol–water partition coefficient (Wildman–Crippen LogP) is 4.21. The predicted molar refractivity (Wildman–Crippen MR) is 81.1 cm³/mol. The first kappa shape index (κ1) is 13.5. The van der Waals surface area contributed by atoms with Crippen molar-refractivity contribution in [3.8, 4) is 11.3 Å². The average molecular weight is 282 g/mol. The molecule has 0 saturated carbocycles. The van der Waals surface area contributed by atoms with Crippen LogP contribution < -0.4 is 5.73 Å². The van der Waals surface area contributed by atoms with Crippen LogP contribution in [0.15, 0.2) is 59.6 Å². The van der Waals surface area contributed by atoms with E-state index in [2.05, 4.69) is 11.7 Å². The molecule has 0 saturated heterocycles. The lowest BCUT2D eigenvalue weighted by Crippen LogP contribution is -2.10. The Bertz CT molecular complexity index is 794. The Morgan fingerprint density at radius 2 is 2.10 bits per heavy atom. The molecule has 0 bridgehead atoms. The minimum absolute atomic E-state index is 0.256. The van der Waals surface area contributed by atoms with Gasteiger partial charge in [-0.3, -0.25) is 0 Å². The third kappa shape index (κ3) is 2.45. The van der Waals surface area contributed by atoms with Crippen LogP contribution in [0, 0.1) is 5.82 Å². The topological polar surface area (TPSA) is 52.0 Å². The van der Waals surface area contributed by atoms with E-state index in [0.717, 1.165) is 10.9 Å². The molecule has 1 atom stereocenters. The first-order valence-corrected chi connectivity index (χ1v) is 6.71. The summed E-state index contributed by atoms with van der Waals surface area (Å²) in [5.74, 6) is -0.327. The van der Waals surface area contributed by atoms with Gasteiger partial charge in [-0.25, -0.2) is 4.39 Å². The van der Waals surface area contributed by atoms with E-state index in [1.165, 1.54) is 12.1 Å². The third-order valence-corrected chi connectivity index (χ3v) is 3.47. The van der Waals surface area contributed by atoms with E-state index < -0.39 is 0 Å². The molecule has 106 valence electrons. The second-order valence-electron chi connectivity index (χ2n) is 4.89. The van der Waals surface area contributed by atoms with Crippen molar-refractivity contribution in [2.75, 3.05) is 0 Å². The molecule has 0 aliphatic rings. The van der Waals surface area contributed by atoms with Crippen molar-refractivity contribution in [2.45, 2.75) is 12.5 Å². The first-order chi connectivity index (χ1) is 10.2. The number of halogens is 1. The molecule has 3 rings (SSSR count).